The molecule has 1 fully saturated rings. The van der Waals surface area contributed by atoms with Crippen LogP contribution in [0.4, 0.5) is 16.2 Å². The van der Waals surface area contributed by atoms with Crippen molar-refractivity contribution in [2.24, 2.45) is 0 Å². The maximum Gasteiger partial charge on any atom is 0.319 e. The number of urea groups is 1. The number of carbonyl (C=O) groups excluding carboxylic acids is 2. The molecule has 1 aliphatic heterocycles. The molecule has 7 nitrogen and oxygen atoms in total. The number of aryl methyl sites for hydroxylation is 1. The van der Waals surface area contributed by atoms with Gasteiger partial charge < -0.3 is 20.7 Å². The van der Waals surface area contributed by atoms with Crippen LogP contribution < -0.4 is 16.0 Å². The van der Waals surface area contributed by atoms with Crippen molar-refractivity contribution in [1.29, 1.82) is 0 Å². The maximum atomic E-state index is 12.1. The first-order valence-corrected chi connectivity index (χ1v) is 8.84. The molecule has 0 atom stereocenters. The summed E-state index contributed by atoms with van der Waals surface area (Å²) in [7, 11) is 0. The Morgan fingerprint density at radius 3 is 2.68 bits per heavy atom. The average molecular weight is 348 g/mol. The predicted molar refractivity (Wildman–Crippen MR) is 99.0 cm³/mol. The molecule has 0 aliphatic carbocycles. The lowest BCUT2D eigenvalue weighted by molar-refractivity contribution is -0.115. The largest absolute Gasteiger partial charge is 0.379 e. The number of nitrogens with one attached hydrogen (secondary N) is 3. The first-order valence-electron chi connectivity index (χ1n) is 8.84. The molecule has 7 heteroatoms. The zero-order valence-corrected chi connectivity index (χ0v) is 15.1. The Morgan fingerprint density at radius 2 is 1.96 bits per heavy atom. The van der Waals surface area contributed by atoms with Crippen molar-refractivity contribution in [3.8, 4) is 0 Å². The molecule has 138 valence electrons. The van der Waals surface area contributed by atoms with Gasteiger partial charge in [-0.1, -0.05) is 13.0 Å². The van der Waals surface area contributed by atoms with E-state index in [9.17, 15) is 9.59 Å². The zero-order valence-electron chi connectivity index (χ0n) is 15.1. The average Bonchev–Trinajstić information content (AvgIpc) is 2.62. The smallest absolute Gasteiger partial charge is 0.319 e. The third-order valence-corrected chi connectivity index (χ3v) is 4.13. The third-order valence-electron chi connectivity index (χ3n) is 4.13. The molecule has 0 unspecified atom stereocenters. The summed E-state index contributed by atoms with van der Waals surface area (Å²) >= 11 is 0. The monoisotopic (exact) mass is 348 g/mol. The van der Waals surface area contributed by atoms with Crippen LogP contribution in [-0.2, 0) is 9.53 Å². The Morgan fingerprint density at radius 1 is 1.20 bits per heavy atom. The summed E-state index contributed by atoms with van der Waals surface area (Å²) in [6, 6.07) is 5.24. The van der Waals surface area contributed by atoms with Gasteiger partial charge in [-0.2, -0.15) is 0 Å². The Kier molecular flexibility index (Phi) is 7.69. The summed E-state index contributed by atoms with van der Waals surface area (Å²) in [5.41, 5.74) is 2.32. The standard InChI is InChI=1S/C18H28N4O3/c1-3-17(23)20-15-6-5-14(2)16(13-15)21-18(24)19-7-4-8-22-9-11-25-12-10-22/h5-6,13H,3-4,7-12H2,1-2H3,(H,20,23)(H2,19,21,24). The molecule has 3 N–H and O–H groups in total. The third kappa shape index (κ3) is 6.72. The fraction of sp³-hybridized carbons (Fsp3) is 0.556. The molecule has 2 rings (SSSR count). The number of nitrogens with zero attached hydrogens (tertiary/aromatic N) is 1. The van der Waals surface area contributed by atoms with Crippen LogP contribution >= 0.6 is 0 Å². The summed E-state index contributed by atoms with van der Waals surface area (Å²) in [5, 5.41) is 8.51. The van der Waals surface area contributed by atoms with Crippen LogP contribution in [0.1, 0.15) is 25.3 Å². The van der Waals surface area contributed by atoms with Gasteiger partial charge in [0.15, 0.2) is 0 Å². The Bertz CT molecular complexity index is 586. The van der Waals surface area contributed by atoms with Gasteiger partial charge in [0.25, 0.3) is 0 Å². The SMILES string of the molecule is CCC(=O)Nc1ccc(C)c(NC(=O)NCCCN2CCOCC2)c1. The van der Waals surface area contributed by atoms with E-state index in [1.165, 1.54) is 0 Å². The topological polar surface area (TPSA) is 82.7 Å². The lowest BCUT2D eigenvalue weighted by Crippen LogP contribution is -2.38. The summed E-state index contributed by atoms with van der Waals surface area (Å²) < 4.78 is 5.31. The number of hydrogen-bond donors (Lipinski definition) is 3. The van der Waals surface area contributed by atoms with Crippen molar-refractivity contribution in [3.63, 3.8) is 0 Å². The van der Waals surface area contributed by atoms with Crippen molar-refractivity contribution in [2.75, 3.05) is 50.0 Å². The molecule has 0 saturated carbocycles. The van der Waals surface area contributed by atoms with E-state index in [4.69, 9.17) is 4.74 Å². The molecule has 1 aromatic carbocycles. The Labute approximate surface area is 149 Å². The Balaban J connectivity index is 1.75. The predicted octanol–water partition coefficient (Wildman–Crippen LogP) is 2.19. The summed E-state index contributed by atoms with van der Waals surface area (Å²) in [6.07, 6.45) is 1.32. The molecule has 0 bridgehead atoms. The number of carbonyl (C=O) groups is 2. The first kappa shape index (κ1) is 19.2. The highest BCUT2D eigenvalue weighted by Crippen LogP contribution is 2.20. The molecule has 1 heterocycles. The molecule has 0 radical (unpaired) electrons. The number of ether oxygens (including phenoxy) is 1. The quantitative estimate of drug-likeness (QED) is 0.660. The zero-order chi connectivity index (χ0) is 18.1. The van der Waals surface area contributed by atoms with Crippen LogP contribution in [-0.4, -0.2) is 56.2 Å². The number of morpholine rings is 1. The van der Waals surface area contributed by atoms with E-state index < -0.39 is 0 Å². The molecule has 0 aromatic heterocycles. The van der Waals surface area contributed by atoms with Crippen LogP contribution in [0, 0.1) is 6.92 Å². The lowest BCUT2D eigenvalue weighted by Gasteiger charge is -2.26. The van der Waals surface area contributed by atoms with Crippen molar-refractivity contribution in [3.05, 3.63) is 23.8 Å². The van der Waals surface area contributed by atoms with Crippen LogP contribution in [0.5, 0.6) is 0 Å². The van der Waals surface area contributed by atoms with Gasteiger partial charge in [-0.05, 0) is 37.6 Å². The van der Waals surface area contributed by atoms with Gasteiger partial charge in [-0.3, -0.25) is 9.69 Å². The molecular formula is C18H28N4O3. The van der Waals surface area contributed by atoms with E-state index >= 15 is 0 Å². The van der Waals surface area contributed by atoms with Crippen molar-refractivity contribution >= 4 is 23.3 Å². The molecular weight excluding hydrogens is 320 g/mol. The minimum atomic E-state index is -0.232. The van der Waals surface area contributed by atoms with Gasteiger partial charge in [0.2, 0.25) is 5.91 Å². The van der Waals surface area contributed by atoms with Crippen molar-refractivity contribution in [2.45, 2.75) is 26.7 Å². The second-order valence-corrected chi connectivity index (χ2v) is 6.12. The van der Waals surface area contributed by atoms with E-state index in [-0.39, 0.29) is 11.9 Å². The van der Waals surface area contributed by atoms with E-state index in [2.05, 4.69) is 20.9 Å². The minimum absolute atomic E-state index is 0.0534. The van der Waals surface area contributed by atoms with Gasteiger partial charge >= 0.3 is 6.03 Å². The second-order valence-electron chi connectivity index (χ2n) is 6.12. The van der Waals surface area contributed by atoms with Crippen LogP contribution in [0.25, 0.3) is 0 Å². The van der Waals surface area contributed by atoms with Gasteiger partial charge in [0.1, 0.15) is 0 Å². The first-order chi connectivity index (χ1) is 12.1. The lowest BCUT2D eigenvalue weighted by atomic mass is 10.2. The number of rotatable bonds is 7. The highest BCUT2D eigenvalue weighted by atomic mass is 16.5. The van der Waals surface area contributed by atoms with Crippen LogP contribution in [0.2, 0.25) is 0 Å². The van der Waals surface area contributed by atoms with Crippen LogP contribution in [0.15, 0.2) is 18.2 Å². The normalized spacial score (nSPS) is 14.8. The van der Waals surface area contributed by atoms with E-state index in [1.807, 2.05) is 19.1 Å². The van der Waals surface area contributed by atoms with E-state index in [0.29, 0.717) is 24.3 Å². The number of benzene rings is 1. The fourth-order valence-electron chi connectivity index (χ4n) is 2.58. The molecule has 1 aliphatic rings. The van der Waals surface area contributed by atoms with E-state index in [0.717, 1.165) is 44.8 Å². The number of anilines is 2. The molecule has 25 heavy (non-hydrogen) atoms. The highest BCUT2D eigenvalue weighted by Gasteiger charge is 2.10. The molecule has 1 aromatic rings. The number of hydrogen-bond acceptors (Lipinski definition) is 4. The van der Waals surface area contributed by atoms with Gasteiger partial charge in [-0.15, -0.1) is 0 Å². The summed E-state index contributed by atoms with van der Waals surface area (Å²) in [4.78, 5) is 25.9. The Hall–Kier alpha value is -2.12. The fourth-order valence-corrected chi connectivity index (χ4v) is 2.58. The van der Waals surface area contributed by atoms with Crippen LogP contribution in [0.3, 0.4) is 0 Å². The summed E-state index contributed by atoms with van der Waals surface area (Å²) in [5.74, 6) is -0.0534. The highest BCUT2D eigenvalue weighted by molar-refractivity contribution is 5.94. The summed E-state index contributed by atoms with van der Waals surface area (Å²) in [6.45, 7) is 8.79. The minimum Gasteiger partial charge on any atom is -0.379 e. The van der Waals surface area contributed by atoms with Gasteiger partial charge in [0, 0.05) is 37.4 Å². The second kappa shape index (κ2) is 10.0. The van der Waals surface area contributed by atoms with E-state index in [1.54, 1.807) is 13.0 Å². The van der Waals surface area contributed by atoms with Crippen molar-refractivity contribution < 1.29 is 14.3 Å². The van der Waals surface area contributed by atoms with Gasteiger partial charge in [0.05, 0.1) is 13.2 Å². The number of amides is 3. The van der Waals surface area contributed by atoms with Crippen molar-refractivity contribution in [1.82, 2.24) is 10.2 Å². The molecule has 1 saturated heterocycles. The maximum absolute atomic E-state index is 12.1. The van der Waals surface area contributed by atoms with Gasteiger partial charge in [-0.25, -0.2) is 4.79 Å². The molecule has 3 amide bonds. The molecule has 0 spiro atoms.